The number of carbonyl (C=O) groups excluding carboxylic acids is 1. The van der Waals surface area contributed by atoms with E-state index in [1.807, 2.05) is 30.0 Å². The lowest BCUT2D eigenvalue weighted by atomic mass is 10.2. The molecule has 0 bridgehead atoms. The molecule has 2 aromatic rings. The number of aryl methyl sites for hydroxylation is 1. The van der Waals surface area contributed by atoms with Crippen molar-refractivity contribution >= 4 is 11.7 Å². The monoisotopic (exact) mass is 343 g/mol. The Morgan fingerprint density at radius 3 is 2.80 bits per heavy atom. The quantitative estimate of drug-likeness (QED) is 0.897. The van der Waals surface area contributed by atoms with Crippen LogP contribution in [0.25, 0.3) is 5.69 Å². The van der Waals surface area contributed by atoms with E-state index in [1.165, 1.54) is 0 Å². The number of rotatable bonds is 5. The van der Waals surface area contributed by atoms with E-state index in [9.17, 15) is 4.79 Å². The largest absolute Gasteiger partial charge is 0.323 e. The maximum atomic E-state index is 12.5. The van der Waals surface area contributed by atoms with Crippen molar-refractivity contribution in [1.82, 2.24) is 30.0 Å². The number of aromatic nitrogens is 4. The molecule has 1 N–H and O–H groups in total. The van der Waals surface area contributed by atoms with Gasteiger partial charge in [0.05, 0.1) is 5.69 Å². The van der Waals surface area contributed by atoms with Crippen LogP contribution in [-0.2, 0) is 0 Å². The normalized spacial score (nSPS) is 17.3. The van der Waals surface area contributed by atoms with Crippen molar-refractivity contribution in [3.05, 3.63) is 30.1 Å². The van der Waals surface area contributed by atoms with Crippen LogP contribution in [-0.4, -0.2) is 68.3 Å². The Bertz CT molecular complexity index is 712. The van der Waals surface area contributed by atoms with Crippen molar-refractivity contribution in [3.8, 4) is 5.69 Å². The number of likely N-dealkylation sites (tertiary alicyclic amines) is 1. The Labute approximate surface area is 147 Å². The van der Waals surface area contributed by atoms with E-state index in [4.69, 9.17) is 0 Å². The molecular weight excluding hydrogens is 318 g/mol. The van der Waals surface area contributed by atoms with Gasteiger partial charge in [0.2, 0.25) is 0 Å². The molecule has 134 valence electrons. The summed E-state index contributed by atoms with van der Waals surface area (Å²) in [5.74, 6) is 0. The summed E-state index contributed by atoms with van der Waals surface area (Å²) in [5.41, 5.74) is 2.67. The molecule has 0 radical (unpaired) electrons. The molecule has 2 heterocycles. The van der Waals surface area contributed by atoms with Gasteiger partial charge in [-0.25, -0.2) is 9.48 Å². The first kappa shape index (κ1) is 17.3. The Balaban J connectivity index is 1.63. The molecule has 1 fully saturated rings. The highest BCUT2D eigenvalue weighted by Gasteiger charge is 2.29. The zero-order chi connectivity index (χ0) is 17.8. The highest BCUT2D eigenvalue weighted by molar-refractivity contribution is 5.89. The molecule has 1 aliphatic rings. The smallest absolute Gasteiger partial charge is 0.321 e. The van der Waals surface area contributed by atoms with Gasteiger partial charge in [-0.05, 0) is 60.6 Å². The summed E-state index contributed by atoms with van der Waals surface area (Å²) >= 11 is 0. The molecule has 25 heavy (non-hydrogen) atoms. The summed E-state index contributed by atoms with van der Waals surface area (Å²) in [5, 5.41) is 14.2. The number of carbonyl (C=O) groups is 1. The standard InChI is InChI=1S/C17H25N7O/c1-4-22(5-2)15-8-9-23(11-15)17(25)19-14-6-7-16(13(3)10-14)24-12-18-20-21-24/h6-7,10,12,15H,4-5,8-9,11H2,1-3H3,(H,19,25). The number of anilines is 1. The van der Waals surface area contributed by atoms with Crippen LogP contribution in [0.2, 0.25) is 0 Å². The fourth-order valence-corrected chi connectivity index (χ4v) is 3.43. The molecule has 3 rings (SSSR count). The van der Waals surface area contributed by atoms with E-state index in [2.05, 4.69) is 39.6 Å². The predicted octanol–water partition coefficient (Wildman–Crippen LogP) is 1.92. The zero-order valence-corrected chi connectivity index (χ0v) is 15.0. The number of urea groups is 1. The zero-order valence-electron chi connectivity index (χ0n) is 15.0. The topological polar surface area (TPSA) is 79.2 Å². The molecule has 1 aromatic carbocycles. The number of hydrogen-bond donors (Lipinski definition) is 1. The van der Waals surface area contributed by atoms with Gasteiger partial charge in [0.1, 0.15) is 6.33 Å². The van der Waals surface area contributed by atoms with Gasteiger partial charge >= 0.3 is 6.03 Å². The lowest BCUT2D eigenvalue weighted by Gasteiger charge is -2.26. The van der Waals surface area contributed by atoms with Crippen LogP contribution < -0.4 is 5.32 Å². The molecular formula is C17H25N7O. The molecule has 1 unspecified atom stereocenters. The Morgan fingerprint density at radius 2 is 2.16 bits per heavy atom. The lowest BCUT2D eigenvalue weighted by Crippen LogP contribution is -2.39. The van der Waals surface area contributed by atoms with Crippen molar-refractivity contribution in [2.45, 2.75) is 33.2 Å². The molecule has 0 aliphatic carbocycles. The first-order valence-corrected chi connectivity index (χ1v) is 8.76. The predicted molar refractivity (Wildman–Crippen MR) is 95.8 cm³/mol. The molecule has 1 aliphatic heterocycles. The van der Waals surface area contributed by atoms with Gasteiger partial charge < -0.3 is 10.2 Å². The first-order chi connectivity index (χ1) is 12.1. The van der Waals surface area contributed by atoms with Crippen LogP contribution in [0.3, 0.4) is 0 Å². The van der Waals surface area contributed by atoms with Gasteiger partial charge in [0.15, 0.2) is 0 Å². The van der Waals surface area contributed by atoms with Gasteiger partial charge in [0.25, 0.3) is 0 Å². The van der Waals surface area contributed by atoms with Crippen LogP contribution in [0.4, 0.5) is 10.5 Å². The van der Waals surface area contributed by atoms with E-state index < -0.39 is 0 Å². The van der Waals surface area contributed by atoms with Crippen molar-refractivity contribution in [3.63, 3.8) is 0 Å². The molecule has 8 nitrogen and oxygen atoms in total. The van der Waals surface area contributed by atoms with Gasteiger partial charge in [-0.3, -0.25) is 4.90 Å². The van der Waals surface area contributed by atoms with E-state index in [0.717, 1.165) is 49.5 Å². The molecule has 1 saturated heterocycles. The van der Waals surface area contributed by atoms with Gasteiger partial charge in [-0.1, -0.05) is 13.8 Å². The van der Waals surface area contributed by atoms with Crippen LogP contribution in [0.5, 0.6) is 0 Å². The van der Waals surface area contributed by atoms with E-state index in [1.54, 1.807) is 11.0 Å². The summed E-state index contributed by atoms with van der Waals surface area (Å²) in [6.07, 6.45) is 2.59. The van der Waals surface area contributed by atoms with Crippen LogP contribution in [0, 0.1) is 6.92 Å². The minimum Gasteiger partial charge on any atom is -0.323 e. The maximum absolute atomic E-state index is 12.5. The molecule has 2 amide bonds. The van der Waals surface area contributed by atoms with E-state index >= 15 is 0 Å². The number of nitrogens with zero attached hydrogens (tertiary/aromatic N) is 6. The number of nitrogens with one attached hydrogen (secondary N) is 1. The van der Waals surface area contributed by atoms with Crippen molar-refractivity contribution in [2.24, 2.45) is 0 Å². The van der Waals surface area contributed by atoms with Crippen LogP contribution in [0.1, 0.15) is 25.8 Å². The van der Waals surface area contributed by atoms with Crippen molar-refractivity contribution in [2.75, 3.05) is 31.5 Å². The third-order valence-electron chi connectivity index (χ3n) is 4.82. The second-order valence-electron chi connectivity index (χ2n) is 6.30. The molecule has 0 saturated carbocycles. The second-order valence-corrected chi connectivity index (χ2v) is 6.30. The number of likely N-dealkylation sites (N-methyl/N-ethyl adjacent to an activating group) is 1. The molecule has 1 aromatic heterocycles. The minimum absolute atomic E-state index is 0.0378. The highest BCUT2D eigenvalue weighted by atomic mass is 16.2. The SMILES string of the molecule is CCN(CC)C1CCN(C(=O)Nc2ccc(-n3cnnn3)c(C)c2)C1. The van der Waals surface area contributed by atoms with Crippen molar-refractivity contribution in [1.29, 1.82) is 0 Å². The summed E-state index contributed by atoms with van der Waals surface area (Å²) < 4.78 is 1.61. The maximum Gasteiger partial charge on any atom is 0.321 e. The summed E-state index contributed by atoms with van der Waals surface area (Å²) in [6.45, 7) is 9.94. The number of hydrogen-bond acceptors (Lipinski definition) is 5. The Morgan fingerprint density at radius 1 is 1.36 bits per heavy atom. The van der Waals surface area contributed by atoms with Crippen LogP contribution in [0.15, 0.2) is 24.5 Å². The van der Waals surface area contributed by atoms with Gasteiger partial charge in [-0.2, -0.15) is 0 Å². The second kappa shape index (κ2) is 7.60. The third kappa shape index (κ3) is 3.79. The fraction of sp³-hybridized carbons (Fsp3) is 0.529. The minimum atomic E-state index is -0.0378. The molecule has 8 heteroatoms. The summed E-state index contributed by atoms with van der Waals surface area (Å²) in [7, 11) is 0. The Kier molecular flexibility index (Phi) is 5.28. The average molecular weight is 343 g/mol. The average Bonchev–Trinajstić information content (AvgIpc) is 3.28. The van der Waals surface area contributed by atoms with Gasteiger partial charge in [0, 0.05) is 24.8 Å². The Hall–Kier alpha value is -2.48. The lowest BCUT2D eigenvalue weighted by molar-refractivity contribution is 0.202. The number of amides is 2. The molecule has 0 spiro atoms. The highest BCUT2D eigenvalue weighted by Crippen LogP contribution is 2.20. The fourth-order valence-electron chi connectivity index (χ4n) is 3.43. The third-order valence-corrected chi connectivity index (χ3v) is 4.82. The number of benzene rings is 1. The summed E-state index contributed by atoms with van der Waals surface area (Å²) in [4.78, 5) is 16.9. The first-order valence-electron chi connectivity index (χ1n) is 8.76. The number of tetrazole rings is 1. The molecule has 1 atom stereocenters. The van der Waals surface area contributed by atoms with Crippen LogP contribution >= 0.6 is 0 Å². The van der Waals surface area contributed by atoms with Crippen molar-refractivity contribution < 1.29 is 4.79 Å². The van der Waals surface area contributed by atoms with E-state index in [-0.39, 0.29) is 6.03 Å². The van der Waals surface area contributed by atoms with Gasteiger partial charge in [-0.15, -0.1) is 5.10 Å². The summed E-state index contributed by atoms with van der Waals surface area (Å²) in [6, 6.07) is 6.14. The van der Waals surface area contributed by atoms with E-state index in [0.29, 0.717) is 6.04 Å².